The fourth-order valence-electron chi connectivity index (χ4n) is 2.80. The lowest BCUT2D eigenvalue weighted by Crippen LogP contribution is -2.27. The number of nitrogens with zero attached hydrogens (tertiary/aromatic N) is 1. The van der Waals surface area contributed by atoms with Crippen LogP contribution >= 0.6 is 23.2 Å². The van der Waals surface area contributed by atoms with Gasteiger partial charge < -0.3 is 5.32 Å². The number of benzene rings is 2. The first-order chi connectivity index (χ1) is 12.3. The van der Waals surface area contributed by atoms with Crippen LogP contribution in [0.2, 0.25) is 10.0 Å². The summed E-state index contributed by atoms with van der Waals surface area (Å²) < 4.78 is 0. The lowest BCUT2D eigenvalue weighted by Gasteiger charge is -2.11. The van der Waals surface area contributed by atoms with Gasteiger partial charge in [0.15, 0.2) is 0 Å². The molecule has 4 nitrogen and oxygen atoms in total. The van der Waals surface area contributed by atoms with E-state index in [1.54, 1.807) is 18.2 Å². The third-order valence-electron chi connectivity index (χ3n) is 4.33. The van der Waals surface area contributed by atoms with Crippen molar-refractivity contribution in [3.05, 3.63) is 69.3 Å². The third kappa shape index (κ3) is 3.35. The Bertz CT molecular complexity index is 918. The highest BCUT2D eigenvalue weighted by Crippen LogP contribution is 2.34. The molecule has 0 spiro atoms. The molecule has 3 rings (SSSR count). The summed E-state index contributed by atoms with van der Waals surface area (Å²) in [6.45, 7) is 4.22. The molecular weight excluding hydrogens is 371 g/mol. The van der Waals surface area contributed by atoms with E-state index in [1.807, 2.05) is 24.3 Å². The standard InChI is InChI=1S/C20H18Cl2N2O2/c1-11(2)12-4-7-14(8-5-12)23-18-17(19(25)24(3)20(18)26)15-9-6-13(21)10-16(15)22/h4-11,23H,1-3H3. The molecule has 0 saturated heterocycles. The molecule has 0 atom stereocenters. The Balaban J connectivity index is 2.05. The Kier molecular flexibility index (Phi) is 5.08. The lowest BCUT2D eigenvalue weighted by atomic mass is 10.0. The normalized spacial score (nSPS) is 14.6. The van der Waals surface area contributed by atoms with Crippen molar-refractivity contribution in [3.8, 4) is 0 Å². The van der Waals surface area contributed by atoms with Gasteiger partial charge >= 0.3 is 0 Å². The fraction of sp³-hybridized carbons (Fsp3) is 0.200. The predicted molar refractivity (Wildman–Crippen MR) is 105 cm³/mol. The minimum atomic E-state index is -0.402. The number of rotatable bonds is 4. The van der Waals surface area contributed by atoms with Crippen molar-refractivity contribution in [1.82, 2.24) is 4.90 Å². The molecule has 0 saturated carbocycles. The summed E-state index contributed by atoms with van der Waals surface area (Å²) in [4.78, 5) is 26.3. The molecule has 26 heavy (non-hydrogen) atoms. The molecule has 1 N–H and O–H groups in total. The summed E-state index contributed by atoms with van der Waals surface area (Å²) in [6.07, 6.45) is 0. The van der Waals surface area contributed by atoms with Gasteiger partial charge in [0, 0.05) is 23.3 Å². The van der Waals surface area contributed by atoms with Gasteiger partial charge in [-0.2, -0.15) is 0 Å². The van der Waals surface area contributed by atoms with Gasteiger partial charge in [0.25, 0.3) is 11.8 Å². The molecule has 1 aliphatic rings. The Morgan fingerprint density at radius 1 is 0.962 bits per heavy atom. The summed E-state index contributed by atoms with van der Waals surface area (Å²) in [5.74, 6) is -0.392. The van der Waals surface area contributed by atoms with Crippen LogP contribution in [0.4, 0.5) is 5.69 Å². The molecule has 0 aromatic heterocycles. The Morgan fingerprint density at radius 3 is 2.19 bits per heavy atom. The maximum atomic E-state index is 12.6. The summed E-state index contributed by atoms with van der Waals surface area (Å²) in [5.41, 5.74) is 2.84. The molecule has 2 aromatic rings. The highest BCUT2D eigenvalue weighted by atomic mass is 35.5. The molecule has 0 radical (unpaired) electrons. The quantitative estimate of drug-likeness (QED) is 0.754. The number of hydrogen-bond donors (Lipinski definition) is 1. The first kappa shape index (κ1) is 18.5. The Morgan fingerprint density at radius 2 is 1.62 bits per heavy atom. The molecule has 0 aliphatic carbocycles. The summed E-state index contributed by atoms with van der Waals surface area (Å²) in [7, 11) is 1.45. The van der Waals surface area contributed by atoms with Crippen LogP contribution < -0.4 is 5.32 Å². The number of amides is 2. The number of imide groups is 1. The van der Waals surface area contributed by atoms with Crippen LogP contribution in [0.15, 0.2) is 48.2 Å². The van der Waals surface area contributed by atoms with Gasteiger partial charge in [-0.05, 0) is 35.7 Å². The zero-order valence-electron chi connectivity index (χ0n) is 14.6. The van der Waals surface area contributed by atoms with Gasteiger partial charge in [0.05, 0.1) is 10.6 Å². The van der Waals surface area contributed by atoms with Crippen molar-refractivity contribution in [2.75, 3.05) is 12.4 Å². The largest absolute Gasteiger partial charge is 0.350 e. The van der Waals surface area contributed by atoms with Gasteiger partial charge in [0.2, 0.25) is 0 Å². The fourth-order valence-corrected chi connectivity index (χ4v) is 3.30. The highest BCUT2D eigenvalue weighted by molar-refractivity contribution is 6.41. The monoisotopic (exact) mass is 388 g/mol. The van der Waals surface area contributed by atoms with Crippen LogP contribution in [-0.4, -0.2) is 23.8 Å². The molecule has 2 aromatic carbocycles. The van der Waals surface area contributed by atoms with Gasteiger partial charge in [0.1, 0.15) is 5.70 Å². The number of hydrogen-bond acceptors (Lipinski definition) is 3. The van der Waals surface area contributed by atoms with E-state index in [0.29, 0.717) is 21.5 Å². The molecule has 2 amide bonds. The van der Waals surface area contributed by atoms with E-state index in [4.69, 9.17) is 23.2 Å². The first-order valence-electron chi connectivity index (χ1n) is 8.18. The number of halogens is 2. The summed E-state index contributed by atoms with van der Waals surface area (Å²) in [5, 5.41) is 3.86. The predicted octanol–water partition coefficient (Wildman–Crippen LogP) is 4.94. The van der Waals surface area contributed by atoms with E-state index in [0.717, 1.165) is 10.6 Å². The zero-order valence-corrected chi connectivity index (χ0v) is 16.2. The van der Waals surface area contributed by atoms with Crippen molar-refractivity contribution in [3.63, 3.8) is 0 Å². The van der Waals surface area contributed by atoms with Crippen molar-refractivity contribution in [1.29, 1.82) is 0 Å². The number of carbonyl (C=O) groups excluding carboxylic acids is 2. The van der Waals surface area contributed by atoms with Crippen LogP contribution in [0.3, 0.4) is 0 Å². The van der Waals surface area contributed by atoms with E-state index in [1.165, 1.54) is 12.6 Å². The molecule has 134 valence electrons. The average molecular weight is 389 g/mol. The van der Waals surface area contributed by atoms with E-state index >= 15 is 0 Å². The van der Waals surface area contributed by atoms with Crippen LogP contribution in [-0.2, 0) is 9.59 Å². The Labute approximate surface area is 162 Å². The van der Waals surface area contributed by atoms with Gasteiger partial charge in [-0.3, -0.25) is 14.5 Å². The smallest absolute Gasteiger partial charge is 0.277 e. The van der Waals surface area contributed by atoms with E-state index in [-0.39, 0.29) is 11.3 Å². The molecule has 6 heteroatoms. The SMILES string of the molecule is CC(C)c1ccc(NC2=C(c3ccc(Cl)cc3Cl)C(=O)N(C)C2=O)cc1. The van der Waals surface area contributed by atoms with Crippen LogP contribution in [0.1, 0.15) is 30.9 Å². The van der Waals surface area contributed by atoms with Gasteiger partial charge in [-0.1, -0.05) is 55.2 Å². The van der Waals surface area contributed by atoms with Gasteiger partial charge in [-0.25, -0.2) is 0 Å². The molecule has 0 unspecified atom stereocenters. The van der Waals surface area contributed by atoms with E-state index in [9.17, 15) is 9.59 Å². The molecule has 1 aliphatic heterocycles. The number of nitrogens with one attached hydrogen (secondary N) is 1. The molecule has 0 fully saturated rings. The second-order valence-corrected chi connectivity index (χ2v) is 7.29. The van der Waals surface area contributed by atoms with Crippen molar-refractivity contribution in [2.45, 2.75) is 19.8 Å². The van der Waals surface area contributed by atoms with Gasteiger partial charge in [-0.15, -0.1) is 0 Å². The maximum Gasteiger partial charge on any atom is 0.277 e. The van der Waals surface area contributed by atoms with Crippen molar-refractivity contribution >= 4 is 46.3 Å². The number of anilines is 1. The van der Waals surface area contributed by atoms with Crippen LogP contribution in [0, 0.1) is 0 Å². The molecule has 0 bridgehead atoms. The Hall–Kier alpha value is -2.30. The van der Waals surface area contributed by atoms with Crippen LogP contribution in [0.25, 0.3) is 5.57 Å². The maximum absolute atomic E-state index is 12.6. The summed E-state index contributed by atoms with van der Waals surface area (Å²) in [6, 6.07) is 12.6. The highest BCUT2D eigenvalue weighted by Gasteiger charge is 2.37. The van der Waals surface area contributed by atoms with Crippen molar-refractivity contribution < 1.29 is 9.59 Å². The first-order valence-corrected chi connectivity index (χ1v) is 8.94. The van der Waals surface area contributed by atoms with Crippen molar-refractivity contribution in [2.24, 2.45) is 0 Å². The second kappa shape index (κ2) is 7.14. The molecule has 1 heterocycles. The number of carbonyl (C=O) groups is 2. The minimum absolute atomic E-state index is 0.207. The molecular formula is C20H18Cl2N2O2. The van der Waals surface area contributed by atoms with E-state index < -0.39 is 11.8 Å². The topological polar surface area (TPSA) is 49.4 Å². The lowest BCUT2D eigenvalue weighted by molar-refractivity contribution is -0.135. The van der Waals surface area contributed by atoms with Crippen LogP contribution in [0.5, 0.6) is 0 Å². The van der Waals surface area contributed by atoms with E-state index in [2.05, 4.69) is 19.2 Å². The second-order valence-electron chi connectivity index (χ2n) is 6.45. The zero-order chi connectivity index (χ0) is 19.0. The summed E-state index contributed by atoms with van der Waals surface area (Å²) >= 11 is 12.2. The number of likely N-dealkylation sites (N-methyl/N-ethyl adjacent to an activating group) is 1. The minimum Gasteiger partial charge on any atom is -0.350 e. The third-order valence-corrected chi connectivity index (χ3v) is 4.88. The average Bonchev–Trinajstić information content (AvgIpc) is 2.80.